The van der Waals surface area contributed by atoms with Crippen LogP contribution >= 0.6 is 11.3 Å². The number of nitrogens with one attached hydrogen (secondary N) is 1. The number of halogens is 1. The Morgan fingerprint density at radius 2 is 2.10 bits per heavy atom. The van der Waals surface area contributed by atoms with Crippen LogP contribution in [-0.4, -0.2) is 11.5 Å². The molecule has 0 radical (unpaired) electrons. The molecule has 1 N–H and O–H groups in total. The van der Waals surface area contributed by atoms with E-state index < -0.39 is 0 Å². The van der Waals surface area contributed by atoms with Gasteiger partial charge in [-0.05, 0) is 44.5 Å². The van der Waals surface area contributed by atoms with Gasteiger partial charge in [-0.3, -0.25) is 0 Å². The third-order valence-electron chi connectivity index (χ3n) is 3.12. The highest BCUT2D eigenvalue weighted by molar-refractivity contribution is 7.11. The summed E-state index contributed by atoms with van der Waals surface area (Å²) in [5.41, 5.74) is 1.92. The number of benzene rings is 1. The molecule has 0 fully saturated rings. The summed E-state index contributed by atoms with van der Waals surface area (Å²) in [7, 11) is 0. The number of aromatic nitrogens is 1. The average Bonchev–Trinajstić information content (AvgIpc) is 2.75. The number of aryl methyl sites for hydroxylation is 2. The molecule has 0 atom stereocenters. The molecule has 21 heavy (non-hydrogen) atoms. The molecule has 1 heterocycles. The lowest BCUT2D eigenvalue weighted by Gasteiger charge is -2.08. The lowest BCUT2D eigenvalue weighted by molar-refractivity contribution is 0.303. The summed E-state index contributed by atoms with van der Waals surface area (Å²) < 4.78 is 19.3. The van der Waals surface area contributed by atoms with Gasteiger partial charge in [0.1, 0.15) is 23.2 Å². The number of ether oxygens (including phenoxy) is 1. The van der Waals surface area contributed by atoms with Gasteiger partial charge in [0.15, 0.2) is 0 Å². The van der Waals surface area contributed by atoms with Crippen LogP contribution < -0.4 is 10.1 Å². The van der Waals surface area contributed by atoms with Gasteiger partial charge in [-0.15, -0.1) is 11.3 Å². The molecule has 5 heteroatoms. The second-order valence-electron chi connectivity index (χ2n) is 5.01. The van der Waals surface area contributed by atoms with Crippen molar-refractivity contribution in [3.63, 3.8) is 0 Å². The van der Waals surface area contributed by atoms with Crippen LogP contribution in [0.25, 0.3) is 0 Å². The van der Waals surface area contributed by atoms with Gasteiger partial charge < -0.3 is 10.1 Å². The van der Waals surface area contributed by atoms with E-state index in [9.17, 15) is 4.39 Å². The fourth-order valence-corrected chi connectivity index (χ4v) is 2.81. The number of thiazole rings is 1. The van der Waals surface area contributed by atoms with Crippen LogP contribution in [0.2, 0.25) is 0 Å². The summed E-state index contributed by atoms with van der Waals surface area (Å²) in [5, 5.41) is 4.17. The first kappa shape index (κ1) is 15.9. The predicted molar refractivity (Wildman–Crippen MR) is 84.3 cm³/mol. The van der Waals surface area contributed by atoms with Crippen molar-refractivity contribution < 1.29 is 9.13 Å². The fourth-order valence-electron chi connectivity index (χ4n) is 1.96. The highest BCUT2D eigenvalue weighted by atomic mass is 32.1. The average molecular weight is 308 g/mol. The summed E-state index contributed by atoms with van der Waals surface area (Å²) in [6.45, 7) is 8.07. The smallest absolute Gasteiger partial charge is 0.140 e. The van der Waals surface area contributed by atoms with Crippen molar-refractivity contribution in [3.8, 4) is 5.75 Å². The van der Waals surface area contributed by atoms with E-state index >= 15 is 0 Å². The summed E-state index contributed by atoms with van der Waals surface area (Å²) in [6.07, 6.45) is 1.06. The van der Waals surface area contributed by atoms with E-state index in [0.717, 1.165) is 29.2 Å². The fraction of sp³-hybridized carbons (Fsp3) is 0.438. The zero-order valence-corrected chi connectivity index (χ0v) is 13.5. The summed E-state index contributed by atoms with van der Waals surface area (Å²) in [5.74, 6) is 0.279. The maximum Gasteiger partial charge on any atom is 0.140 e. The minimum absolute atomic E-state index is 0.271. The van der Waals surface area contributed by atoms with E-state index in [1.165, 1.54) is 17.0 Å². The van der Waals surface area contributed by atoms with Crippen LogP contribution in [0.3, 0.4) is 0 Å². The molecular weight excluding hydrogens is 287 g/mol. The van der Waals surface area contributed by atoms with E-state index in [4.69, 9.17) is 4.74 Å². The van der Waals surface area contributed by atoms with Gasteiger partial charge in [0.2, 0.25) is 0 Å². The minimum atomic E-state index is -0.271. The highest BCUT2D eigenvalue weighted by Gasteiger charge is 2.06. The van der Waals surface area contributed by atoms with Gasteiger partial charge in [-0.25, -0.2) is 9.37 Å². The van der Waals surface area contributed by atoms with Crippen molar-refractivity contribution in [1.29, 1.82) is 0 Å². The first-order valence-corrected chi connectivity index (χ1v) is 7.96. The van der Waals surface area contributed by atoms with Crippen LogP contribution in [0.4, 0.5) is 4.39 Å². The molecule has 114 valence electrons. The SMILES string of the molecule is CCCNCc1cc(F)cc(OCc2nc(C)c(C)s2)c1. The highest BCUT2D eigenvalue weighted by Crippen LogP contribution is 2.21. The Kier molecular flexibility index (Phi) is 5.70. The van der Waals surface area contributed by atoms with E-state index in [2.05, 4.69) is 17.2 Å². The lowest BCUT2D eigenvalue weighted by atomic mass is 10.2. The molecule has 0 aliphatic heterocycles. The first-order valence-electron chi connectivity index (χ1n) is 7.14. The molecule has 0 saturated heterocycles. The van der Waals surface area contributed by atoms with E-state index in [1.807, 2.05) is 19.9 Å². The second kappa shape index (κ2) is 7.52. The maximum absolute atomic E-state index is 13.6. The van der Waals surface area contributed by atoms with Crippen LogP contribution in [0.15, 0.2) is 18.2 Å². The van der Waals surface area contributed by atoms with Crippen molar-refractivity contribution in [2.45, 2.75) is 40.3 Å². The number of rotatable bonds is 7. The van der Waals surface area contributed by atoms with Crippen LogP contribution in [0.5, 0.6) is 5.75 Å². The van der Waals surface area contributed by atoms with Crippen molar-refractivity contribution in [1.82, 2.24) is 10.3 Å². The quantitative estimate of drug-likeness (QED) is 0.786. The predicted octanol–water partition coefficient (Wildman–Crippen LogP) is 3.98. The third-order valence-corrected chi connectivity index (χ3v) is 4.17. The summed E-state index contributed by atoms with van der Waals surface area (Å²) in [6, 6.07) is 4.82. The Morgan fingerprint density at radius 3 is 2.76 bits per heavy atom. The monoisotopic (exact) mass is 308 g/mol. The summed E-state index contributed by atoms with van der Waals surface area (Å²) >= 11 is 1.62. The molecule has 0 aliphatic rings. The van der Waals surface area contributed by atoms with Crippen molar-refractivity contribution in [2.24, 2.45) is 0 Å². The molecule has 0 spiro atoms. The third kappa shape index (κ3) is 4.79. The van der Waals surface area contributed by atoms with Gasteiger partial charge in [0, 0.05) is 17.5 Å². The second-order valence-corrected chi connectivity index (χ2v) is 6.30. The molecule has 3 nitrogen and oxygen atoms in total. The molecule has 0 bridgehead atoms. The van der Waals surface area contributed by atoms with Crippen LogP contribution in [0.1, 0.15) is 34.5 Å². The molecule has 0 aliphatic carbocycles. The van der Waals surface area contributed by atoms with Crippen LogP contribution in [0, 0.1) is 19.7 Å². The summed E-state index contributed by atoms with van der Waals surface area (Å²) in [4.78, 5) is 5.61. The number of nitrogens with zero attached hydrogens (tertiary/aromatic N) is 1. The van der Waals surface area contributed by atoms with E-state index in [-0.39, 0.29) is 5.82 Å². The molecular formula is C16H21FN2OS. The Morgan fingerprint density at radius 1 is 1.29 bits per heavy atom. The lowest BCUT2D eigenvalue weighted by Crippen LogP contribution is -2.14. The van der Waals surface area contributed by atoms with E-state index in [0.29, 0.717) is 18.9 Å². The Labute approximate surface area is 129 Å². The molecule has 2 aromatic rings. The minimum Gasteiger partial charge on any atom is -0.486 e. The standard InChI is InChI=1S/C16H21FN2OS/c1-4-5-18-9-13-6-14(17)8-15(7-13)20-10-16-19-11(2)12(3)21-16/h6-8,18H,4-5,9-10H2,1-3H3. The van der Waals surface area contributed by atoms with Gasteiger partial charge in [0.25, 0.3) is 0 Å². The molecule has 2 rings (SSSR count). The first-order chi connectivity index (χ1) is 10.1. The number of hydrogen-bond acceptors (Lipinski definition) is 4. The van der Waals surface area contributed by atoms with Crippen molar-refractivity contribution in [2.75, 3.05) is 6.54 Å². The van der Waals surface area contributed by atoms with Gasteiger partial charge >= 0.3 is 0 Å². The Bertz CT molecular complexity index is 578. The topological polar surface area (TPSA) is 34.1 Å². The van der Waals surface area contributed by atoms with Crippen molar-refractivity contribution in [3.05, 3.63) is 45.2 Å². The maximum atomic E-state index is 13.6. The Hall–Kier alpha value is -1.46. The zero-order chi connectivity index (χ0) is 15.2. The van der Waals surface area contributed by atoms with Crippen LogP contribution in [-0.2, 0) is 13.2 Å². The largest absolute Gasteiger partial charge is 0.486 e. The van der Waals surface area contributed by atoms with Gasteiger partial charge in [-0.2, -0.15) is 0 Å². The number of hydrogen-bond donors (Lipinski definition) is 1. The van der Waals surface area contributed by atoms with Gasteiger partial charge in [-0.1, -0.05) is 6.92 Å². The molecule has 0 unspecified atom stereocenters. The zero-order valence-electron chi connectivity index (χ0n) is 12.7. The van der Waals surface area contributed by atoms with E-state index in [1.54, 1.807) is 11.3 Å². The van der Waals surface area contributed by atoms with Gasteiger partial charge in [0.05, 0.1) is 5.69 Å². The molecule has 1 aromatic carbocycles. The molecule has 0 saturated carbocycles. The Balaban J connectivity index is 1.98. The molecule has 0 amide bonds. The normalized spacial score (nSPS) is 10.9. The molecule has 1 aromatic heterocycles. The van der Waals surface area contributed by atoms with Crippen molar-refractivity contribution >= 4 is 11.3 Å².